The molecule has 0 unspecified atom stereocenters. The summed E-state index contributed by atoms with van der Waals surface area (Å²) < 4.78 is 0. The molecule has 8 heteroatoms. The lowest BCUT2D eigenvalue weighted by molar-refractivity contribution is -0.112. The van der Waals surface area contributed by atoms with Gasteiger partial charge in [-0.3, -0.25) is 9.59 Å². The molecule has 0 saturated carbocycles. The molecule has 2 amide bonds. The molecule has 0 spiro atoms. The van der Waals surface area contributed by atoms with Gasteiger partial charge >= 0.3 is 0 Å². The van der Waals surface area contributed by atoms with Crippen LogP contribution in [-0.2, 0) is 4.79 Å². The lowest BCUT2D eigenvalue weighted by Crippen LogP contribution is -2.49. The predicted octanol–water partition coefficient (Wildman–Crippen LogP) is 4.78. The fourth-order valence-electron chi connectivity index (χ4n) is 3.89. The molecule has 1 saturated heterocycles. The van der Waals surface area contributed by atoms with E-state index in [-0.39, 0.29) is 11.8 Å². The molecular formula is C25H21ClN4O2S. The van der Waals surface area contributed by atoms with Crippen molar-refractivity contribution in [3.63, 3.8) is 0 Å². The summed E-state index contributed by atoms with van der Waals surface area (Å²) in [7, 11) is 0. The Balaban J connectivity index is 1.29. The maximum atomic E-state index is 13.1. The highest BCUT2D eigenvalue weighted by Crippen LogP contribution is 2.40. The number of piperazine rings is 1. The number of carbonyl (C=O) groups excluding carboxylic acids is 2. The largest absolute Gasteiger partial charge is 0.353 e. The number of nitrogens with zero attached hydrogens (tertiary/aromatic N) is 3. The molecule has 33 heavy (non-hydrogen) atoms. The highest BCUT2D eigenvalue weighted by molar-refractivity contribution is 8.04. The molecule has 2 aliphatic rings. The SMILES string of the molecule is O=C1Nc2cc(C(=O)N3CCN(c4ccccn4)CC3)ccc2S/C1=C/c1ccccc1Cl. The minimum absolute atomic E-state index is 0.0323. The Morgan fingerprint density at radius 2 is 1.82 bits per heavy atom. The van der Waals surface area contributed by atoms with Crippen LogP contribution in [0.4, 0.5) is 11.5 Å². The van der Waals surface area contributed by atoms with Crippen molar-refractivity contribution in [1.82, 2.24) is 9.88 Å². The molecule has 3 aromatic rings. The highest BCUT2D eigenvalue weighted by Gasteiger charge is 2.26. The van der Waals surface area contributed by atoms with E-state index in [2.05, 4.69) is 15.2 Å². The predicted molar refractivity (Wildman–Crippen MR) is 133 cm³/mol. The van der Waals surface area contributed by atoms with E-state index in [4.69, 9.17) is 11.6 Å². The zero-order valence-electron chi connectivity index (χ0n) is 17.7. The Bertz CT molecular complexity index is 1240. The van der Waals surface area contributed by atoms with Crippen LogP contribution in [0.15, 0.2) is 76.7 Å². The number of halogens is 1. The van der Waals surface area contributed by atoms with Crippen LogP contribution in [0.1, 0.15) is 15.9 Å². The van der Waals surface area contributed by atoms with Gasteiger partial charge in [-0.05, 0) is 48.0 Å². The minimum atomic E-state index is -0.207. The topological polar surface area (TPSA) is 65.5 Å². The molecule has 6 nitrogen and oxygen atoms in total. The number of carbonyl (C=O) groups is 2. The monoisotopic (exact) mass is 476 g/mol. The third-order valence-electron chi connectivity index (χ3n) is 5.65. The Morgan fingerprint density at radius 1 is 1.03 bits per heavy atom. The van der Waals surface area contributed by atoms with E-state index in [0.29, 0.717) is 34.3 Å². The second-order valence-electron chi connectivity index (χ2n) is 7.76. The summed E-state index contributed by atoms with van der Waals surface area (Å²) in [5, 5.41) is 3.51. The van der Waals surface area contributed by atoms with E-state index in [9.17, 15) is 9.59 Å². The molecule has 1 aromatic heterocycles. The molecule has 2 aromatic carbocycles. The van der Waals surface area contributed by atoms with Gasteiger partial charge in [0, 0.05) is 47.9 Å². The van der Waals surface area contributed by atoms with Crippen molar-refractivity contribution in [3.05, 3.63) is 87.9 Å². The van der Waals surface area contributed by atoms with E-state index in [0.717, 1.165) is 29.4 Å². The zero-order valence-corrected chi connectivity index (χ0v) is 19.3. The normalized spacial score (nSPS) is 17.0. The standard InChI is InChI=1S/C25H21ClN4O2S/c26-19-6-2-1-5-17(19)16-22-24(31)28-20-15-18(8-9-21(20)33-22)25(32)30-13-11-29(12-14-30)23-7-3-4-10-27-23/h1-10,15-16H,11-14H2,(H,28,31)/b22-16+. The average molecular weight is 477 g/mol. The van der Waals surface area contributed by atoms with Gasteiger partial charge in [0.15, 0.2) is 0 Å². The summed E-state index contributed by atoms with van der Waals surface area (Å²) in [4.78, 5) is 35.6. The quantitative estimate of drug-likeness (QED) is 0.551. The summed E-state index contributed by atoms with van der Waals surface area (Å²) in [5.74, 6) is 0.690. The van der Waals surface area contributed by atoms with Crippen molar-refractivity contribution in [3.8, 4) is 0 Å². The number of fused-ring (bicyclic) bond motifs is 1. The Hall–Kier alpha value is -3.29. The molecule has 0 atom stereocenters. The Labute approximate surface area is 201 Å². The second-order valence-corrected chi connectivity index (χ2v) is 9.26. The van der Waals surface area contributed by atoms with Gasteiger partial charge in [-0.15, -0.1) is 0 Å². The van der Waals surface area contributed by atoms with Crippen molar-refractivity contribution in [1.29, 1.82) is 0 Å². The first-order valence-corrected chi connectivity index (χ1v) is 11.8. The third-order valence-corrected chi connectivity index (χ3v) is 7.09. The lowest BCUT2D eigenvalue weighted by Gasteiger charge is -2.35. The van der Waals surface area contributed by atoms with Gasteiger partial charge in [-0.25, -0.2) is 4.98 Å². The summed E-state index contributed by atoms with van der Waals surface area (Å²) in [6, 6.07) is 18.7. The number of pyridine rings is 1. The van der Waals surface area contributed by atoms with Crippen LogP contribution >= 0.6 is 23.4 Å². The number of rotatable bonds is 3. The Kier molecular flexibility index (Phi) is 6.07. The van der Waals surface area contributed by atoms with Gasteiger partial charge in [0.25, 0.3) is 11.8 Å². The first-order chi connectivity index (χ1) is 16.1. The number of hydrogen-bond acceptors (Lipinski definition) is 5. The highest BCUT2D eigenvalue weighted by atomic mass is 35.5. The zero-order chi connectivity index (χ0) is 22.8. The number of amides is 2. The fraction of sp³-hybridized carbons (Fsp3) is 0.160. The summed E-state index contributed by atoms with van der Waals surface area (Å²) in [6.07, 6.45) is 3.56. The third kappa shape index (κ3) is 4.60. The van der Waals surface area contributed by atoms with Crippen molar-refractivity contribution in [2.24, 2.45) is 0 Å². The van der Waals surface area contributed by atoms with Crippen molar-refractivity contribution >= 4 is 52.8 Å². The Morgan fingerprint density at radius 3 is 2.58 bits per heavy atom. The number of nitrogens with one attached hydrogen (secondary N) is 1. The lowest BCUT2D eigenvalue weighted by atomic mass is 10.1. The van der Waals surface area contributed by atoms with Crippen LogP contribution < -0.4 is 10.2 Å². The molecule has 2 aliphatic heterocycles. The molecule has 166 valence electrons. The molecule has 3 heterocycles. The van der Waals surface area contributed by atoms with Crippen LogP contribution in [0.5, 0.6) is 0 Å². The molecule has 0 aliphatic carbocycles. The average Bonchev–Trinajstić information content (AvgIpc) is 2.86. The van der Waals surface area contributed by atoms with E-state index in [1.165, 1.54) is 11.8 Å². The maximum Gasteiger partial charge on any atom is 0.262 e. The number of anilines is 2. The van der Waals surface area contributed by atoms with Crippen LogP contribution in [-0.4, -0.2) is 47.9 Å². The van der Waals surface area contributed by atoms with Gasteiger partial charge in [-0.2, -0.15) is 0 Å². The van der Waals surface area contributed by atoms with E-state index >= 15 is 0 Å². The summed E-state index contributed by atoms with van der Waals surface area (Å²) in [5.41, 5.74) is 2.01. The molecule has 0 bridgehead atoms. The number of benzene rings is 2. The van der Waals surface area contributed by atoms with E-state index in [1.54, 1.807) is 24.4 Å². The number of hydrogen-bond donors (Lipinski definition) is 1. The number of thioether (sulfide) groups is 1. The van der Waals surface area contributed by atoms with Crippen LogP contribution in [0, 0.1) is 0 Å². The van der Waals surface area contributed by atoms with Crippen molar-refractivity contribution in [2.75, 3.05) is 36.4 Å². The van der Waals surface area contributed by atoms with Gasteiger partial charge in [-0.1, -0.05) is 47.6 Å². The fourth-order valence-corrected chi connectivity index (χ4v) is 5.00. The second kappa shape index (κ2) is 9.29. The van der Waals surface area contributed by atoms with Crippen LogP contribution in [0.3, 0.4) is 0 Å². The molecular weight excluding hydrogens is 456 g/mol. The minimum Gasteiger partial charge on any atom is -0.353 e. The van der Waals surface area contributed by atoms with Crippen molar-refractivity contribution < 1.29 is 9.59 Å². The van der Waals surface area contributed by atoms with Crippen LogP contribution in [0.25, 0.3) is 6.08 Å². The summed E-state index contributed by atoms with van der Waals surface area (Å²) in [6.45, 7) is 2.71. The van der Waals surface area contributed by atoms with Gasteiger partial charge in [0.2, 0.25) is 0 Å². The molecule has 1 fully saturated rings. The first kappa shape index (κ1) is 21.6. The van der Waals surface area contributed by atoms with E-state index < -0.39 is 0 Å². The molecule has 0 radical (unpaired) electrons. The van der Waals surface area contributed by atoms with E-state index in [1.807, 2.05) is 53.4 Å². The maximum absolute atomic E-state index is 13.1. The molecule has 5 rings (SSSR count). The number of aromatic nitrogens is 1. The smallest absolute Gasteiger partial charge is 0.262 e. The van der Waals surface area contributed by atoms with Gasteiger partial charge in [0.05, 0.1) is 10.6 Å². The molecule has 1 N–H and O–H groups in total. The van der Waals surface area contributed by atoms with Gasteiger partial charge in [0.1, 0.15) is 5.82 Å². The van der Waals surface area contributed by atoms with Gasteiger partial charge < -0.3 is 15.1 Å². The van der Waals surface area contributed by atoms with Crippen LogP contribution in [0.2, 0.25) is 5.02 Å². The van der Waals surface area contributed by atoms with Crippen molar-refractivity contribution in [2.45, 2.75) is 4.90 Å². The first-order valence-electron chi connectivity index (χ1n) is 10.6. The summed E-state index contributed by atoms with van der Waals surface area (Å²) >= 11 is 7.60.